The molecular formula is C37H39NZr-4. The van der Waals surface area contributed by atoms with Crippen LogP contribution in [0.1, 0.15) is 31.4 Å². The van der Waals surface area contributed by atoms with Gasteiger partial charge in [-0.1, -0.05) is 42.6 Å². The van der Waals surface area contributed by atoms with E-state index in [0.29, 0.717) is 0 Å². The first-order valence-corrected chi connectivity index (χ1v) is 13.9. The molecule has 6 rings (SSSR count). The zero-order valence-electron chi connectivity index (χ0n) is 24.1. The fraction of sp³-hybridized carbons (Fsp3) is 0.135. The van der Waals surface area contributed by atoms with Crippen molar-refractivity contribution in [1.82, 2.24) is 0 Å². The number of nitrogens with zero attached hydrogens (tertiary/aromatic N) is 1. The first-order valence-electron chi connectivity index (χ1n) is 12.6. The van der Waals surface area contributed by atoms with Gasteiger partial charge in [-0.3, -0.25) is 6.08 Å². The molecule has 0 aromatic heterocycles. The number of benzene rings is 4. The predicted octanol–water partition coefficient (Wildman–Crippen LogP) is 9.57. The molecule has 0 fully saturated rings. The number of fused-ring (bicyclic) bond motifs is 3. The summed E-state index contributed by atoms with van der Waals surface area (Å²) in [5.41, 5.74) is 6.80. The number of anilines is 1. The first-order chi connectivity index (χ1) is 18.0. The maximum atomic E-state index is 3.12. The summed E-state index contributed by atoms with van der Waals surface area (Å²) in [5, 5.41) is 5.36. The van der Waals surface area contributed by atoms with Gasteiger partial charge in [-0.05, 0) is 0 Å². The molecule has 5 aromatic carbocycles. The Bertz CT molecular complexity index is 1490. The monoisotopic (exact) mass is 587 g/mol. The summed E-state index contributed by atoms with van der Waals surface area (Å²) in [7, 11) is 4.19. The molecule has 0 bridgehead atoms. The van der Waals surface area contributed by atoms with Crippen LogP contribution in [0.5, 0.6) is 0 Å². The van der Waals surface area contributed by atoms with E-state index in [1.54, 1.807) is 0 Å². The van der Waals surface area contributed by atoms with Crippen molar-refractivity contribution in [2.75, 3.05) is 19.0 Å². The molecule has 2 heteroatoms. The summed E-state index contributed by atoms with van der Waals surface area (Å²) in [5.74, 6) is 0. The summed E-state index contributed by atoms with van der Waals surface area (Å²) in [6, 6.07) is 38.4. The first kappa shape index (κ1) is 32.0. The van der Waals surface area contributed by atoms with E-state index in [1.165, 1.54) is 76.9 Å². The third kappa shape index (κ3) is 8.14. The topological polar surface area (TPSA) is 3.24 Å². The van der Waals surface area contributed by atoms with Gasteiger partial charge in [-0.2, -0.15) is 5.57 Å². The van der Waals surface area contributed by atoms with Gasteiger partial charge in [-0.15, -0.1) is 47.7 Å². The van der Waals surface area contributed by atoms with Crippen LogP contribution in [0.2, 0.25) is 0 Å². The molecule has 0 amide bonds. The average Bonchev–Trinajstić information content (AvgIpc) is 3.51. The van der Waals surface area contributed by atoms with Crippen molar-refractivity contribution in [2.24, 2.45) is 0 Å². The van der Waals surface area contributed by atoms with Crippen LogP contribution in [0.3, 0.4) is 0 Å². The van der Waals surface area contributed by atoms with Crippen LogP contribution in [-0.4, -0.2) is 17.3 Å². The molecule has 0 N–H and O–H groups in total. The molecule has 0 heterocycles. The molecule has 0 unspecified atom stereocenters. The third-order valence-corrected chi connectivity index (χ3v) is 8.00. The molecule has 1 aliphatic carbocycles. The minimum atomic E-state index is 0. The number of rotatable bonds is 3. The fourth-order valence-electron chi connectivity index (χ4n) is 4.36. The summed E-state index contributed by atoms with van der Waals surface area (Å²) in [6.07, 6.45) is 6.22. The minimum absolute atomic E-state index is 0. The van der Waals surface area contributed by atoms with Gasteiger partial charge in [-0.25, -0.2) is 11.6 Å². The van der Waals surface area contributed by atoms with Gasteiger partial charge in [0.05, 0.1) is 0 Å². The Labute approximate surface area is 251 Å². The van der Waals surface area contributed by atoms with E-state index in [0.717, 1.165) is 6.42 Å². The molecule has 0 spiro atoms. The number of hydrogen-bond donors (Lipinski definition) is 0. The Balaban J connectivity index is 0.000000214. The summed E-state index contributed by atoms with van der Waals surface area (Å²) in [4.78, 5) is 2.18. The summed E-state index contributed by atoms with van der Waals surface area (Å²) < 4.78 is 1.42. The van der Waals surface area contributed by atoms with Crippen molar-refractivity contribution in [2.45, 2.75) is 20.3 Å². The molecule has 0 atom stereocenters. The van der Waals surface area contributed by atoms with Gasteiger partial charge in [0.15, 0.2) is 0 Å². The Morgan fingerprint density at radius 2 is 1.26 bits per heavy atom. The van der Waals surface area contributed by atoms with Crippen molar-refractivity contribution < 1.29 is 24.2 Å². The van der Waals surface area contributed by atoms with Crippen molar-refractivity contribution in [3.8, 4) is 0 Å². The van der Waals surface area contributed by atoms with E-state index in [4.69, 9.17) is 0 Å². The van der Waals surface area contributed by atoms with Crippen molar-refractivity contribution in [3.63, 3.8) is 0 Å². The van der Waals surface area contributed by atoms with Crippen LogP contribution in [0, 0.1) is 20.9 Å². The zero-order valence-corrected chi connectivity index (χ0v) is 26.6. The van der Waals surface area contributed by atoms with Crippen LogP contribution in [0.15, 0.2) is 126 Å². The van der Waals surface area contributed by atoms with Crippen LogP contribution in [0.4, 0.5) is 5.69 Å². The van der Waals surface area contributed by atoms with Gasteiger partial charge in [0.25, 0.3) is 0 Å². The normalized spacial score (nSPS) is 11.5. The van der Waals surface area contributed by atoms with Gasteiger partial charge in [0.1, 0.15) is 0 Å². The van der Waals surface area contributed by atoms with Gasteiger partial charge in [0, 0.05) is 19.8 Å². The van der Waals surface area contributed by atoms with E-state index < -0.39 is 0 Å². The maximum absolute atomic E-state index is 3.12. The SMILES string of the molecule is CC1=C(C)C[C-]=C1.CN(C)c1cccc2[cH-]c3ccccc3c12.[CH3-].[CH3-].[Zr]=[C](c1ccccc1)c1ccccc1. The van der Waals surface area contributed by atoms with Crippen LogP contribution < -0.4 is 4.90 Å². The quantitative estimate of drug-likeness (QED) is 0.190. The van der Waals surface area contributed by atoms with Gasteiger partial charge in [0.2, 0.25) is 0 Å². The molecule has 39 heavy (non-hydrogen) atoms. The molecule has 0 saturated carbocycles. The molecule has 1 aliphatic rings. The van der Waals surface area contributed by atoms with Crippen molar-refractivity contribution >= 4 is 30.4 Å². The van der Waals surface area contributed by atoms with E-state index in [9.17, 15) is 0 Å². The van der Waals surface area contributed by atoms with Crippen LogP contribution in [0.25, 0.3) is 21.5 Å². The Morgan fingerprint density at radius 1 is 0.718 bits per heavy atom. The van der Waals surface area contributed by atoms with Crippen molar-refractivity contribution in [1.29, 1.82) is 0 Å². The Kier molecular flexibility index (Phi) is 12.6. The molecule has 0 saturated heterocycles. The Morgan fingerprint density at radius 3 is 1.74 bits per heavy atom. The number of allylic oxidation sites excluding steroid dienone is 4. The van der Waals surface area contributed by atoms with E-state index in [1.807, 2.05) is 0 Å². The molecule has 0 radical (unpaired) electrons. The second kappa shape index (κ2) is 15.4. The van der Waals surface area contributed by atoms with E-state index in [2.05, 4.69) is 154 Å². The second-order valence-corrected chi connectivity index (χ2v) is 10.7. The zero-order chi connectivity index (χ0) is 26.2. The predicted molar refractivity (Wildman–Crippen MR) is 171 cm³/mol. The fourth-order valence-corrected chi connectivity index (χ4v) is 5.18. The third-order valence-electron chi connectivity index (χ3n) is 6.58. The molecule has 1 nitrogen and oxygen atoms in total. The molecule has 200 valence electrons. The van der Waals surface area contributed by atoms with E-state index >= 15 is 0 Å². The summed E-state index contributed by atoms with van der Waals surface area (Å²) in [6.45, 7) is 4.27. The second-order valence-electron chi connectivity index (χ2n) is 9.46. The van der Waals surface area contributed by atoms with Crippen molar-refractivity contribution in [3.05, 3.63) is 158 Å². The van der Waals surface area contributed by atoms with E-state index in [-0.39, 0.29) is 14.9 Å². The van der Waals surface area contributed by atoms with Crippen LogP contribution >= 0.6 is 0 Å². The van der Waals surface area contributed by atoms with Crippen LogP contribution in [-0.2, 0) is 24.2 Å². The van der Waals surface area contributed by atoms with Gasteiger partial charge >= 0.3 is 99.2 Å². The summed E-state index contributed by atoms with van der Waals surface area (Å²) >= 11 is 1.46. The molecule has 0 aliphatic heterocycles. The average molecular weight is 589 g/mol. The van der Waals surface area contributed by atoms with Gasteiger partial charge < -0.3 is 19.8 Å². The number of hydrogen-bond acceptors (Lipinski definition) is 1. The Hall–Kier alpha value is -3.22. The standard InChI is InChI=1S/C15H14N.C13H10.C7H9.2CH3.Zr/c1-16(2)14-9-5-7-12-10-11-6-3-4-8-13(11)15(12)14;1-3-7-12(8-4-1)11-13-9-5-2-6-10-13;1-6-4-3-5-7(6)2;;;/h3-10H,1-2H3;1-10H;4H,5H2,1-2H3;2*1H3;/q-1;;3*-1;. The molecule has 5 aromatic rings. The molecular weight excluding hydrogens is 550 g/mol.